The fourth-order valence-corrected chi connectivity index (χ4v) is 5.00. The summed E-state index contributed by atoms with van der Waals surface area (Å²) in [6, 6.07) is 0. The van der Waals surface area contributed by atoms with Gasteiger partial charge in [0.2, 0.25) is 0 Å². The molecule has 0 aliphatic heterocycles. The predicted octanol–water partition coefficient (Wildman–Crippen LogP) is 7.56. The van der Waals surface area contributed by atoms with Crippen molar-refractivity contribution in [2.75, 3.05) is 7.11 Å². The number of allylic oxidation sites excluding steroid dienone is 1. The van der Waals surface area contributed by atoms with Crippen LogP contribution in [-0.4, -0.2) is 7.11 Å². The molecule has 0 fully saturated rings. The molecular weight excluding hydrogens is 367 g/mol. The minimum atomic E-state index is 0.571. The van der Waals surface area contributed by atoms with E-state index < -0.39 is 0 Å². The number of hydrogen-bond donors (Lipinski definition) is 0. The van der Waals surface area contributed by atoms with Gasteiger partial charge in [0.05, 0.1) is 13.0 Å². The van der Waals surface area contributed by atoms with Crippen molar-refractivity contribution >= 4 is 57.5 Å². The summed E-state index contributed by atoms with van der Waals surface area (Å²) in [5, 5.41) is 3.09. The summed E-state index contributed by atoms with van der Waals surface area (Å²) < 4.78 is 6.39. The fourth-order valence-electron chi connectivity index (χ4n) is 2.55. The number of hydrogen-bond acceptors (Lipinski definition) is 3. The zero-order chi connectivity index (χ0) is 17.0. The van der Waals surface area contributed by atoms with Gasteiger partial charge in [-0.05, 0) is 60.4 Å². The molecule has 0 aliphatic carbocycles. The Morgan fingerprint density at radius 3 is 2.61 bits per heavy atom. The van der Waals surface area contributed by atoms with E-state index in [1.807, 2.05) is 0 Å². The van der Waals surface area contributed by atoms with Gasteiger partial charge in [0.25, 0.3) is 0 Å². The number of halogens is 2. The van der Waals surface area contributed by atoms with Crippen LogP contribution in [0.3, 0.4) is 0 Å². The highest BCUT2D eigenvalue weighted by atomic mass is 35.5. The Labute approximate surface area is 156 Å². The number of unbranched alkanes of at least 4 members (excludes halogenated alkanes) is 1. The van der Waals surface area contributed by atoms with Crippen molar-refractivity contribution in [2.45, 2.75) is 45.9 Å². The summed E-state index contributed by atoms with van der Waals surface area (Å²) in [6.07, 6.45) is 5.61. The Bertz CT molecular complexity index is 698. The van der Waals surface area contributed by atoms with Gasteiger partial charge in [0, 0.05) is 10.4 Å². The third-order valence-corrected chi connectivity index (χ3v) is 7.08. The van der Waals surface area contributed by atoms with Gasteiger partial charge in [0.1, 0.15) is 4.34 Å². The van der Waals surface area contributed by atoms with Crippen LogP contribution in [0.5, 0.6) is 5.06 Å². The summed E-state index contributed by atoms with van der Waals surface area (Å²) in [5.41, 5.74) is 6.10. The maximum absolute atomic E-state index is 6.35. The summed E-state index contributed by atoms with van der Waals surface area (Å²) >= 11 is 15.6. The van der Waals surface area contributed by atoms with E-state index in [-0.39, 0.29) is 0 Å². The molecule has 1 nitrogen and oxygen atoms in total. The van der Waals surface area contributed by atoms with Crippen molar-refractivity contribution in [3.63, 3.8) is 0 Å². The second-order valence-corrected chi connectivity index (χ2v) is 8.33. The molecule has 2 rings (SSSR count). The van der Waals surface area contributed by atoms with E-state index in [1.54, 1.807) is 18.4 Å². The normalized spacial score (nSPS) is 12.0. The molecule has 23 heavy (non-hydrogen) atoms. The molecule has 0 radical (unpaired) electrons. The van der Waals surface area contributed by atoms with Gasteiger partial charge < -0.3 is 4.74 Å². The molecule has 0 aliphatic rings. The van der Waals surface area contributed by atoms with E-state index in [2.05, 4.69) is 32.2 Å². The Kier molecular flexibility index (Phi) is 7.02. The molecule has 2 aromatic heterocycles. The smallest absolute Gasteiger partial charge is 0.182 e. The first-order valence-electron chi connectivity index (χ1n) is 7.70. The number of rotatable bonds is 7. The van der Waals surface area contributed by atoms with Gasteiger partial charge in [-0.15, -0.1) is 22.9 Å². The zero-order valence-electron chi connectivity index (χ0n) is 14.0. The van der Waals surface area contributed by atoms with Crippen LogP contribution in [0.2, 0.25) is 4.34 Å². The van der Waals surface area contributed by atoms with Crippen LogP contribution in [-0.2, 0) is 5.88 Å². The molecule has 0 saturated heterocycles. The van der Waals surface area contributed by atoms with Crippen molar-refractivity contribution in [3.8, 4) is 5.06 Å². The third-order valence-electron chi connectivity index (χ3n) is 3.99. The van der Waals surface area contributed by atoms with Crippen molar-refractivity contribution in [2.24, 2.45) is 0 Å². The second-order valence-electron chi connectivity index (χ2n) is 5.51. The van der Waals surface area contributed by atoms with Crippen LogP contribution in [0.4, 0.5) is 0 Å². The Balaban J connectivity index is 2.53. The summed E-state index contributed by atoms with van der Waals surface area (Å²) in [4.78, 5) is 1.24. The van der Waals surface area contributed by atoms with Crippen molar-refractivity contribution in [1.29, 1.82) is 0 Å². The predicted molar refractivity (Wildman–Crippen MR) is 107 cm³/mol. The van der Waals surface area contributed by atoms with Crippen LogP contribution in [0.1, 0.15) is 53.3 Å². The molecule has 0 unspecified atom stereocenters. The quantitative estimate of drug-likeness (QED) is 0.444. The molecule has 0 spiro atoms. The second kappa shape index (κ2) is 8.57. The van der Waals surface area contributed by atoms with Crippen molar-refractivity contribution < 1.29 is 4.74 Å². The van der Waals surface area contributed by atoms with Crippen LogP contribution < -0.4 is 4.74 Å². The molecule has 5 heteroatoms. The maximum Gasteiger partial charge on any atom is 0.182 e. The summed E-state index contributed by atoms with van der Waals surface area (Å²) in [6.45, 7) is 6.42. The lowest BCUT2D eigenvalue weighted by atomic mass is 9.96. The average molecular weight is 389 g/mol. The lowest BCUT2D eigenvalue weighted by Gasteiger charge is -2.10. The van der Waals surface area contributed by atoms with Crippen LogP contribution in [0.15, 0.2) is 5.38 Å². The molecule has 0 saturated carbocycles. The van der Waals surface area contributed by atoms with E-state index >= 15 is 0 Å². The van der Waals surface area contributed by atoms with Gasteiger partial charge >= 0.3 is 0 Å². The highest BCUT2D eigenvalue weighted by molar-refractivity contribution is 7.18. The molecule has 0 bridgehead atoms. The maximum atomic E-state index is 6.35. The standard InChI is InChI=1S/C18H22Cl2OS2/c1-5-6-7-13(8-14-10-22-15(9-19)11(14)2)16-12(3)17(20)23-18(16)21-4/h8,10H,5-7,9H2,1-4H3/b13-8-. The molecule has 0 N–H and O–H groups in total. The summed E-state index contributed by atoms with van der Waals surface area (Å²) in [7, 11) is 1.71. The number of alkyl halides is 1. The molecule has 0 aromatic carbocycles. The monoisotopic (exact) mass is 388 g/mol. The topological polar surface area (TPSA) is 9.23 Å². The third kappa shape index (κ3) is 4.14. The lowest BCUT2D eigenvalue weighted by molar-refractivity contribution is 0.425. The van der Waals surface area contributed by atoms with Gasteiger partial charge in [0.15, 0.2) is 5.06 Å². The first kappa shape index (κ1) is 18.9. The van der Waals surface area contributed by atoms with E-state index in [1.165, 1.54) is 32.9 Å². The number of thiophene rings is 2. The minimum Gasteiger partial charge on any atom is -0.487 e. The van der Waals surface area contributed by atoms with Crippen LogP contribution in [0.25, 0.3) is 11.6 Å². The molecule has 0 atom stereocenters. The number of ether oxygens (including phenoxy) is 1. The molecule has 2 heterocycles. The average Bonchev–Trinajstić information content (AvgIpc) is 3.04. The highest BCUT2D eigenvalue weighted by Gasteiger charge is 2.18. The Morgan fingerprint density at radius 2 is 2.04 bits per heavy atom. The first-order chi connectivity index (χ1) is 11.0. The van der Waals surface area contributed by atoms with E-state index in [4.69, 9.17) is 27.9 Å². The van der Waals surface area contributed by atoms with E-state index in [0.29, 0.717) is 5.88 Å². The van der Waals surface area contributed by atoms with Gasteiger partial charge in [-0.25, -0.2) is 0 Å². The SMILES string of the molecule is CCCC/C(=C/c1csc(CCl)c1C)c1c(OC)sc(Cl)c1C. The summed E-state index contributed by atoms with van der Waals surface area (Å²) in [5.74, 6) is 0.571. The van der Waals surface area contributed by atoms with Gasteiger partial charge in [-0.3, -0.25) is 0 Å². The minimum absolute atomic E-state index is 0.571. The van der Waals surface area contributed by atoms with Crippen molar-refractivity contribution in [1.82, 2.24) is 0 Å². The molecular formula is C18H22Cl2OS2. The molecule has 0 amide bonds. The first-order valence-corrected chi connectivity index (χ1v) is 10.3. The molecule has 2 aromatic rings. The van der Waals surface area contributed by atoms with Crippen LogP contribution in [0, 0.1) is 13.8 Å². The largest absolute Gasteiger partial charge is 0.487 e. The van der Waals surface area contributed by atoms with Crippen molar-refractivity contribution in [3.05, 3.63) is 36.8 Å². The van der Waals surface area contributed by atoms with Gasteiger partial charge in [-0.1, -0.05) is 36.3 Å². The van der Waals surface area contributed by atoms with E-state index in [0.717, 1.165) is 39.8 Å². The van der Waals surface area contributed by atoms with Gasteiger partial charge in [-0.2, -0.15) is 0 Å². The molecule has 126 valence electrons. The zero-order valence-corrected chi connectivity index (χ0v) is 17.1. The van der Waals surface area contributed by atoms with E-state index in [9.17, 15) is 0 Å². The Hall–Kier alpha value is -0.480. The number of methoxy groups -OCH3 is 1. The lowest BCUT2D eigenvalue weighted by Crippen LogP contribution is -1.91. The highest BCUT2D eigenvalue weighted by Crippen LogP contribution is 2.44. The fraction of sp³-hybridized carbons (Fsp3) is 0.444. The van der Waals surface area contributed by atoms with Crippen LogP contribution >= 0.6 is 45.9 Å². The Morgan fingerprint density at radius 1 is 1.30 bits per heavy atom.